The molecule has 2 aliphatic rings. The van der Waals surface area contributed by atoms with Crippen LogP contribution in [-0.2, 0) is 14.6 Å². The molecule has 24 heavy (non-hydrogen) atoms. The molecule has 0 aromatic heterocycles. The number of amidine groups is 1. The molecule has 0 radical (unpaired) electrons. The highest BCUT2D eigenvalue weighted by atomic mass is 32.2. The zero-order chi connectivity index (χ0) is 17.5. The molecule has 0 spiro atoms. The Balaban J connectivity index is 1.58. The topological polar surface area (TPSA) is 78.8 Å². The molecule has 3 rings (SSSR count). The number of nitrogens with one attached hydrogen (secondary N) is 1. The van der Waals surface area contributed by atoms with Crippen molar-refractivity contribution in [2.45, 2.75) is 25.9 Å². The normalized spacial score (nSPS) is 24.6. The van der Waals surface area contributed by atoms with Gasteiger partial charge < -0.3 is 10.2 Å². The molecule has 130 valence electrons. The van der Waals surface area contributed by atoms with Gasteiger partial charge in [0, 0.05) is 12.7 Å². The van der Waals surface area contributed by atoms with Crippen LogP contribution in [0.3, 0.4) is 0 Å². The molecule has 6 nitrogen and oxygen atoms in total. The number of anilines is 1. The third kappa shape index (κ3) is 3.59. The molecule has 1 fully saturated rings. The maximum Gasteiger partial charge on any atom is 0.234 e. The minimum atomic E-state index is -2.98. The summed E-state index contributed by atoms with van der Waals surface area (Å²) in [6.45, 7) is 3.94. The minimum Gasteiger partial charge on any atom is -0.348 e. The summed E-state index contributed by atoms with van der Waals surface area (Å²) >= 11 is 1.36. The molecule has 1 N–H and O–H groups in total. The summed E-state index contributed by atoms with van der Waals surface area (Å²) in [6, 6.07) is 5.67. The van der Waals surface area contributed by atoms with E-state index >= 15 is 0 Å². The molecular weight excluding hydrogens is 346 g/mol. The lowest BCUT2D eigenvalue weighted by Crippen LogP contribution is -2.35. The Morgan fingerprint density at radius 3 is 2.83 bits per heavy atom. The van der Waals surface area contributed by atoms with Crippen LogP contribution in [0.4, 0.5) is 5.69 Å². The summed E-state index contributed by atoms with van der Waals surface area (Å²) in [4.78, 5) is 18.6. The predicted molar refractivity (Wildman–Crippen MR) is 98.4 cm³/mol. The van der Waals surface area contributed by atoms with Gasteiger partial charge in [0.15, 0.2) is 15.0 Å². The van der Waals surface area contributed by atoms with Crippen molar-refractivity contribution in [2.75, 3.05) is 29.6 Å². The number of likely N-dealkylation sites (N-methyl/N-ethyl adjacent to an activating group) is 1. The lowest BCUT2D eigenvalue weighted by Gasteiger charge is -2.20. The second-order valence-electron chi connectivity index (χ2n) is 6.39. The van der Waals surface area contributed by atoms with Crippen LogP contribution in [0.25, 0.3) is 0 Å². The van der Waals surface area contributed by atoms with Gasteiger partial charge in [-0.2, -0.15) is 0 Å². The number of aryl methyl sites for hydroxylation is 2. The van der Waals surface area contributed by atoms with Gasteiger partial charge in [-0.3, -0.25) is 9.79 Å². The number of carbonyl (C=O) groups excluding carboxylic acids is 1. The summed E-state index contributed by atoms with van der Waals surface area (Å²) in [5.74, 6) is 0.425. The SMILES string of the molecule is Cc1ccc(C)c(NC(=O)CSC2=N[C@H]3CS(=O)(=O)C[C@H]3N2C)c1. The summed E-state index contributed by atoms with van der Waals surface area (Å²) in [5, 5.41) is 3.67. The van der Waals surface area contributed by atoms with Crippen LogP contribution in [0.15, 0.2) is 23.2 Å². The summed E-state index contributed by atoms with van der Waals surface area (Å²) < 4.78 is 23.3. The zero-order valence-electron chi connectivity index (χ0n) is 13.9. The van der Waals surface area contributed by atoms with Gasteiger partial charge in [-0.05, 0) is 31.0 Å². The average molecular weight is 367 g/mol. The van der Waals surface area contributed by atoms with Crippen molar-refractivity contribution < 1.29 is 13.2 Å². The molecular formula is C16H21N3O3S2. The van der Waals surface area contributed by atoms with Crippen LogP contribution >= 0.6 is 11.8 Å². The van der Waals surface area contributed by atoms with Crippen molar-refractivity contribution in [3.05, 3.63) is 29.3 Å². The van der Waals surface area contributed by atoms with Crippen LogP contribution in [-0.4, -0.2) is 60.8 Å². The van der Waals surface area contributed by atoms with Crippen molar-refractivity contribution in [2.24, 2.45) is 4.99 Å². The van der Waals surface area contributed by atoms with E-state index in [4.69, 9.17) is 0 Å². The molecule has 0 bridgehead atoms. The number of benzene rings is 1. The van der Waals surface area contributed by atoms with Gasteiger partial charge in [0.1, 0.15) is 0 Å². The van der Waals surface area contributed by atoms with E-state index in [1.165, 1.54) is 11.8 Å². The van der Waals surface area contributed by atoms with Gasteiger partial charge in [0.2, 0.25) is 5.91 Å². The van der Waals surface area contributed by atoms with Gasteiger partial charge in [-0.25, -0.2) is 8.42 Å². The number of amides is 1. The Morgan fingerprint density at radius 2 is 2.12 bits per heavy atom. The maximum atomic E-state index is 12.2. The number of hydrogen-bond acceptors (Lipinski definition) is 6. The fourth-order valence-electron chi connectivity index (χ4n) is 3.00. The second-order valence-corrected chi connectivity index (χ2v) is 9.49. The highest BCUT2D eigenvalue weighted by Gasteiger charge is 2.45. The van der Waals surface area contributed by atoms with Crippen LogP contribution in [0.5, 0.6) is 0 Å². The number of fused-ring (bicyclic) bond motifs is 1. The number of carbonyl (C=O) groups is 1. The fraction of sp³-hybridized carbons (Fsp3) is 0.500. The number of aliphatic imine (C=N–C) groups is 1. The Hall–Kier alpha value is -1.54. The number of nitrogens with zero attached hydrogens (tertiary/aromatic N) is 2. The summed E-state index contributed by atoms with van der Waals surface area (Å²) in [7, 11) is -1.13. The number of rotatable bonds is 3. The number of hydrogen-bond donors (Lipinski definition) is 1. The Kier molecular flexibility index (Phi) is 4.61. The van der Waals surface area contributed by atoms with Crippen molar-refractivity contribution in [3.8, 4) is 0 Å². The van der Waals surface area contributed by atoms with Crippen molar-refractivity contribution in [1.29, 1.82) is 0 Å². The average Bonchev–Trinajstić information content (AvgIpc) is 2.94. The van der Waals surface area contributed by atoms with E-state index in [1.54, 1.807) is 0 Å². The van der Waals surface area contributed by atoms with Crippen molar-refractivity contribution in [1.82, 2.24) is 4.90 Å². The van der Waals surface area contributed by atoms with Crippen LogP contribution in [0, 0.1) is 13.8 Å². The monoisotopic (exact) mass is 367 g/mol. The molecule has 0 saturated carbocycles. The molecule has 2 atom stereocenters. The van der Waals surface area contributed by atoms with E-state index < -0.39 is 9.84 Å². The van der Waals surface area contributed by atoms with E-state index in [-0.39, 0.29) is 35.2 Å². The Morgan fingerprint density at radius 1 is 1.38 bits per heavy atom. The number of thioether (sulfide) groups is 1. The smallest absolute Gasteiger partial charge is 0.234 e. The molecule has 0 unspecified atom stereocenters. The quantitative estimate of drug-likeness (QED) is 0.875. The van der Waals surface area contributed by atoms with Crippen molar-refractivity contribution >= 4 is 38.4 Å². The van der Waals surface area contributed by atoms with Crippen LogP contribution in [0.1, 0.15) is 11.1 Å². The standard InChI is InChI=1S/C16H21N3O3S2/c1-10-4-5-11(2)12(6-10)17-15(20)7-23-16-18-13-8-24(21,22)9-14(13)19(16)3/h4-6,13-14H,7-9H2,1-3H3,(H,17,20)/t13-,14+/m0/s1. The van der Waals surface area contributed by atoms with E-state index in [0.717, 1.165) is 22.0 Å². The molecule has 1 saturated heterocycles. The lowest BCUT2D eigenvalue weighted by atomic mass is 10.1. The van der Waals surface area contributed by atoms with E-state index in [2.05, 4.69) is 10.3 Å². The molecule has 8 heteroatoms. The Bertz CT molecular complexity index is 805. The first-order valence-corrected chi connectivity index (χ1v) is 10.6. The Labute approximate surface area is 146 Å². The van der Waals surface area contributed by atoms with E-state index in [9.17, 15) is 13.2 Å². The molecule has 1 aromatic rings. The first kappa shape index (κ1) is 17.3. The van der Waals surface area contributed by atoms with Gasteiger partial charge in [-0.1, -0.05) is 23.9 Å². The highest BCUT2D eigenvalue weighted by molar-refractivity contribution is 8.14. The van der Waals surface area contributed by atoms with Gasteiger partial charge in [0.05, 0.1) is 29.3 Å². The van der Waals surface area contributed by atoms with E-state index in [0.29, 0.717) is 0 Å². The minimum absolute atomic E-state index is 0.0837. The molecule has 2 heterocycles. The van der Waals surface area contributed by atoms with Gasteiger partial charge in [-0.15, -0.1) is 0 Å². The van der Waals surface area contributed by atoms with Crippen LogP contribution in [0.2, 0.25) is 0 Å². The third-order valence-corrected chi connectivity index (χ3v) is 7.13. The highest BCUT2D eigenvalue weighted by Crippen LogP contribution is 2.29. The first-order chi connectivity index (χ1) is 11.2. The van der Waals surface area contributed by atoms with Crippen molar-refractivity contribution in [3.63, 3.8) is 0 Å². The second kappa shape index (κ2) is 6.40. The van der Waals surface area contributed by atoms with Crippen LogP contribution < -0.4 is 5.32 Å². The molecule has 0 aliphatic carbocycles. The van der Waals surface area contributed by atoms with Gasteiger partial charge >= 0.3 is 0 Å². The number of sulfone groups is 1. The zero-order valence-corrected chi connectivity index (χ0v) is 15.6. The fourth-order valence-corrected chi connectivity index (χ4v) is 5.81. The maximum absolute atomic E-state index is 12.2. The summed E-state index contributed by atoms with van der Waals surface area (Å²) in [5.41, 5.74) is 2.94. The lowest BCUT2D eigenvalue weighted by molar-refractivity contribution is -0.113. The largest absolute Gasteiger partial charge is 0.348 e. The van der Waals surface area contributed by atoms with E-state index in [1.807, 2.05) is 44.0 Å². The molecule has 1 aromatic carbocycles. The predicted octanol–water partition coefficient (Wildman–Crippen LogP) is 1.44. The third-order valence-electron chi connectivity index (χ3n) is 4.37. The molecule has 1 amide bonds. The molecule has 2 aliphatic heterocycles. The van der Waals surface area contributed by atoms with Gasteiger partial charge in [0.25, 0.3) is 0 Å². The first-order valence-electron chi connectivity index (χ1n) is 7.76. The summed E-state index contributed by atoms with van der Waals surface area (Å²) in [6.07, 6.45) is 0.